The van der Waals surface area contributed by atoms with Crippen molar-refractivity contribution < 1.29 is 31.5 Å². The van der Waals surface area contributed by atoms with Crippen LogP contribution in [0.3, 0.4) is 0 Å². The number of carbonyl (C=O) groups is 1. The summed E-state index contributed by atoms with van der Waals surface area (Å²) in [4.78, 5) is 12.5. The maximum Gasteiger partial charge on any atom is 0.264 e. The second-order valence-electron chi connectivity index (χ2n) is 7.04. The fourth-order valence-electron chi connectivity index (χ4n) is 3.04. The minimum Gasteiger partial charge on any atom is -0.493 e. The van der Waals surface area contributed by atoms with Gasteiger partial charge in [0.1, 0.15) is 18.2 Å². The lowest BCUT2D eigenvalue weighted by atomic mass is 10.2. The topological polar surface area (TPSA) is 84.9 Å². The molecule has 0 unspecified atom stereocenters. The van der Waals surface area contributed by atoms with Crippen LogP contribution >= 0.6 is 0 Å². The standard InChI is InChI=1S/C23H22F2N2O5S/c1-15-4-7-17(8-5-15)27(14-23(28)26-20-10-6-16(24)12-19(20)25)33(29,30)18-9-11-21(31-2)22(13-18)32-3/h4-13H,14H2,1-3H3,(H,26,28). The summed E-state index contributed by atoms with van der Waals surface area (Å²) >= 11 is 0. The van der Waals surface area contributed by atoms with Crippen molar-refractivity contribution in [2.24, 2.45) is 0 Å². The minimum absolute atomic E-state index is 0.138. The van der Waals surface area contributed by atoms with Crippen LogP contribution in [-0.2, 0) is 14.8 Å². The number of carbonyl (C=O) groups excluding carboxylic acids is 1. The number of sulfonamides is 1. The molecule has 0 saturated heterocycles. The highest BCUT2D eigenvalue weighted by molar-refractivity contribution is 7.92. The van der Waals surface area contributed by atoms with Gasteiger partial charge in [-0.25, -0.2) is 17.2 Å². The first kappa shape index (κ1) is 24.0. The van der Waals surface area contributed by atoms with E-state index < -0.39 is 34.1 Å². The molecule has 0 aliphatic carbocycles. The molecule has 3 aromatic carbocycles. The van der Waals surface area contributed by atoms with Crippen molar-refractivity contribution in [3.8, 4) is 11.5 Å². The van der Waals surface area contributed by atoms with E-state index in [4.69, 9.17) is 9.47 Å². The molecule has 0 radical (unpaired) electrons. The lowest BCUT2D eigenvalue weighted by Crippen LogP contribution is -2.38. The minimum atomic E-state index is -4.25. The maximum absolute atomic E-state index is 14.0. The van der Waals surface area contributed by atoms with E-state index in [1.54, 1.807) is 24.3 Å². The first-order chi connectivity index (χ1) is 15.6. The molecule has 3 aromatic rings. The number of ether oxygens (including phenoxy) is 2. The quantitative estimate of drug-likeness (QED) is 0.529. The molecule has 0 aliphatic heterocycles. The third-order valence-electron chi connectivity index (χ3n) is 4.76. The number of hydrogen-bond donors (Lipinski definition) is 1. The molecular weight excluding hydrogens is 454 g/mol. The van der Waals surface area contributed by atoms with E-state index in [1.807, 2.05) is 6.92 Å². The molecule has 1 N–H and O–H groups in total. The molecule has 0 heterocycles. The van der Waals surface area contributed by atoms with Crippen LogP contribution in [0.4, 0.5) is 20.2 Å². The van der Waals surface area contributed by atoms with Crippen molar-refractivity contribution in [3.05, 3.63) is 77.9 Å². The average Bonchev–Trinajstić information content (AvgIpc) is 2.79. The molecule has 174 valence electrons. The highest BCUT2D eigenvalue weighted by Gasteiger charge is 2.28. The van der Waals surface area contributed by atoms with Crippen LogP contribution in [0.5, 0.6) is 11.5 Å². The summed E-state index contributed by atoms with van der Waals surface area (Å²) in [5.41, 5.74) is 0.846. The van der Waals surface area contributed by atoms with E-state index in [1.165, 1.54) is 32.4 Å². The van der Waals surface area contributed by atoms with Crippen molar-refractivity contribution in [2.45, 2.75) is 11.8 Å². The molecule has 0 aromatic heterocycles. The third kappa shape index (κ3) is 5.40. The van der Waals surface area contributed by atoms with Crippen molar-refractivity contribution in [1.82, 2.24) is 0 Å². The molecule has 0 saturated carbocycles. The van der Waals surface area contributed by atoms with E-state index in [-0.39, 0.29) is 22.0 Å². The Bertz CT molecular complexity index is 1260. The Labute approximate surface area is 190 Å². The second-order valence-corrected chi connectivity index (χ2v) is 8.90. The fraction of sp³-hybridized carbons (Fsp3) is 0.174. The Morgan fingerprint density at radius 2 is 1.61 bits per heavy atom. The monoisotopic (exact) mass is 476 g/mol. The largest absolute Gasteiger partial charge is 0.493 e. The Morgan fingerprint density at radius 3 is 2.21 bits per heavy atom. The van der Waals surface area contributed by atoms with Gasteiger partial charge in [-0.05, 0) is 43.3 Å². The third-order valence-corrected chi connectivity index (χ3v) is 6.53. The van der Waals surface area contributed by atoms with Crippen molar-refractivity contribution >= 4 is 27.3 Å². The summed E-state index contributed by atoms with van der Waals surface area (Å²) in [5, 5.41) is 2.28. The van der Waals surface area contributed by atoms with E-state index >= 15 is 0 Å². The molecule has 0 aliphatic rings. The zero-order valence-corrected chi connectivity index (χ0v) is 18.9. The SMILES string of the molecule is COc1ccc(S(=O)(=O)N(CC(=O)Nc2ccc(F)cc2F)c2ccc(C)cc2)cc1OC. The van der Waals surface area contributed by atoms with Crippen LogP contribution in [0, 0.1) is 18.6 Å². The highest BCUT2D eigenvalue weighted by Crippen LogP contribution is 2.32. The molecule has 33 heavy (non-hydrogen) atoms. The Kier molecular flexibility index (Phi) is 7.17. The molecule has 0 spiro atoms. The number of amides is 1. The molecule has 10 heteroatoms. The van der Waals surface area contributed by atoms with Gasteiger partial charge in [0.25, 0.3) is 10.0 Å². The number of benzene rings is 3. The lowest BCUT2D eigenvalue weighted by molar-refractivity contribution is -0.114. The van der Waals surface area contributed by atoms with Gasteiger partial charge in [0.05, 0.1) is 30.5 Å². The Balaban J connectivity index is 1.99. The predicted octanol–water partition coefficient (Wildman–Crippen LogP) is 4.12. The number of aryl methyl sites for hydroxylation is 1. The van der Waals surface area contributed by atoms with Gasteiger partial charge in [0.2, 0.25) is 5.91 Å². The Hall–Kier alpha value is -3.66. The summed E-state index contributed by atoms with van der Waals surface area (Å²) in [5.74, 6) is -2.07. The highest BCUT2D eigenvalue weighted by atomic mass is 32.2. The number of hydrogen-bond acceptors (Lipinski definition) is 5. The van der Waals surface area contributed by atoms with Gasteiger partial charge >= 0.3 is 0 Å². The number of halogens is 2. The smallest absolute Gasteiger partial charge is 0.264 e. The number of anilines is 2. The first-order valence-electron chi connectivity index (χ1n) is 9.72. The molecule has 7 nitrogen and oxygen atoms in total. The van der Waals surface area contributed by atoms with Crippen molar-refractivity contribution in [3.63, 3.8) is 0 Å². The van der Waals surface area contributed by atoms with E-state index in [9.17, 15) is 22.0 Å². The Morgan fingerprint density at radius 1 is 0.939 bits per heavy atom. The lowest BCUT2D eigenvalue weighted by Gasteiger charge is -2.24. The van der Waals surface area contributed by atoms with Gasteiger partial charge < -0.3 is 14.8 Å². The number of methoxy groups -OCH3 is 2. The summed E-state index contributed by atoms with van der Waals surface area (Å²) in [6.45, 7) is 1.18. The van der Waals surface area contributed by atoms with E-state index in [2.05, 4.69) is 5.32 Å². The normalized spacial score (nSPS) is 11.1. The summed E-state index contributed by atoms with van der Waals surface area (Å²) in [6.07, 6.45) is 0. The summed E-state index contributed by atoms with van der Waals surface area (Å²) < 4.78 is 65.4. The van der Waals surface area contributed by atoms with Crippen molar-refractivity contribution in [2.75, 3.05) is 30.4 Å². The van der Waals surface area contributed by atoms with Crippen LogP contribution < -0.4 is 19.1 Å². The molecule has 0 atom stereocenters. The van der Waals surface area contributed by atoms with Crippen LogP contribution in [0.15, 0.2) is 65.6 Å². The summed E-state index contributed by atoms with van der Waals surface area (Å²) in [7, 11) is -1.45. The van der Waals surface area contributed by atoms with E-state index in [0.29, 0.717) is 11.8 Å². The second kappa shape index (κ2) is 9.86. The first-order valence-corrected chi connectivity index (χ1v) is 11.2. The zero-order chi connectivity index (χ0) is 24.2. The van der Waals surface area contributed by atoms with Gasteiger partial charge in [-0.2, -0.15) is 0 Å². The number of rotatable bonds is 8. The molecule has 0 fully saturated rings. The van der Waals surface area contributed by atoms with E-state index in [0.717, 1.165) is 22.0 Å². The number of nitrogens with zero attached hydrogens (tertiary/aromatic N) is 1. The fourth-order valence-corrected chi connectivity index (χ4v) is 4.48. The van der Waals surface area contributed by atoms with Gasteiger partial charge in [0, 0.05) is 12.1 Å². The molecule has 1 amide bonds. The van der Waals surface area contributed by atoms with Gasteiger partial charge in [-0.1, -0.05) is 17.7 Å². The van der Waals surface area contributed by atoms with Crippen molar-refractivity contribution in [1.29, 1.82) is 0 Å². The van der Waals surface area contributed by atoms with Crippen LogP contribution in [0.1, 0.15) is 5.56 Å². The molecule has 3 rings (SSSR count). The zero-order valence-electron chi connectivity index (χ0n) is 18.1. The predicted molar refractivity (Wildman–Crippen MR) is 120 cm³/mol. The van der Waals surface area contributed by atoms with Crippen LogP contribution in [0.2, 0.25) is 0 Å². The summed E-state index contributed by atoms with van der Waals surface area (Å²) in [6, 6.07) is 13.2. The maximum atomic E-state index is 14.0. The molecular formula is C23H22F2N2O5S. The van der Waals surface area contributed by atoms with Crippen LogP contribution in [-0.4, -0.2) is 35.1 Å². The average molecular weight is 477 g/mol. The van der Waals surface area contributed by atoms with Gasteiger partial charge in [-0.15, -0.1) is 0 Å². The molecule has 0 bridgehead atoms. The van der Waals surface area contributed by atoms with Gasteiger partial charge in [-0.3, -0.25) is 9.10 Å². The number of nitrogens with one attached hydrogen (secondary N) is 1. The van der Waals surface area contributed by atoms with Crippen LogP contribution in [0.25, 0.3) is 0 Å². The van der Waals surface area contributed by atoms with Gasteiger partial charge in [0.15, 0.2) is 11.5 Å².